The minimum Gasteiger partial charge on any atom is -0.485 e. The number of carbonyl (C=O) groups is 1. The monoisotopic (exact) mass is 436 g/mol. The summed E-state index contributed by atoms with van der Waals surface area (Å²) in [6.45, 7) is 1.74. The number of non-ortho nitro benzene ring substituents is 1. The van der Waals surface area contributed by atoms with Crippen LogP contribution in [-0.4, -0.2) is 32.3 Å². The first-order valence-electron chi connectivity index (χ1n) is 9.64. The van der Waals surface area contributed by atoms with E-state index in [9.17, 15) is 19.3 Å². The van der Waals surface area contributed by atoms with Gasteiger partial charge in [-0.05, 0) is 37.3 Å². The Hall–Kier alpha value is -4.34. The van der Waals surface area contributed by atoms with Gasteiger partial charge in [-0.2, -0.15) is 5.10 Å². The van der Waals surface area contributed by atoms with Crippen molar-refractivity contribution in [1.82, 2.24) is 14.8 Å². The Bertz CT molecular complexity index is 1300. The summed E-state index contributed by atoms with van der Waals surface area (Å²) in [5.74, 6) is -1.00. The molecule has 4 rings (SSSR count). The number of nitro benzene ring substituents is 1. The largest absolute Gasteiger partial charge is 0.485 e. The molecule has 0 radical (unpaired) electrons. The van der Waals surface area contributed by atoms with Crippen LogP contribution in [0.3, 0.4) is 0 Å². The lowest BCUT2D eigenvalue weighted by Gasteiger charge is -2.08. The van der Waals surface area contributed by atoms with E-state index in [1.807, 2.05) is 0 Å². The van der Waals surface area contributed by atoms with Crippen LogP contribution in [0.1, 0.15) is 23.0 Å². The van der Waals surface area contributed by atoms with Gasteiger partial charge in [0.1, 0.15) is 12.4 Å². The lowest BCUT2D eigenvalue weighted by atomic mass is 10.1. The summed E-state index contributed by atoms with van der Waals surface area (Å²) >= 11 is 0. The van der Waals surface area contributed by atoms with Crippen molar-refractivity contribution in [3.05, 3.63) is 88.1 Å². The third-order valence-corrected chi connectivity index (χ3v) is 4.61. The molecule has 32 heavy (non-hydrogen) atoms. The molecule has 0 fully saturated rings. The van der Waals surface area contributed by atoms with Crippen molar-refractivity contribution in [3.8, 4) is 11.4 Å². The van der Waals surface area contributed by atoms with Gasteiger partial charge in [0.15, 0.2) is 5.75 Å². The molecule has 2 aromatic carbocycles. The minimum atomic E-state index is -0.689. The van der Waals surface area contributed by atoms with E-state index in [2.05, 4.69) is 10.1 Å². The molecule has 0 saturated carbocycles. The van der Waals surface area contributed by atoms with Crippen LogP contribution in [0.4, 0.5) is 10.1 Å². The van der Waals surface area contributed by atoms with Gasteiger partial charge in [0.25, 0.3) is 5.69 Å². The Labute approximate surface area is 181 Å². The summed E-state index contributed by atoms with van der Waals surface area (Å²) in [4.78, 5) is 27.0. The van der Waals surface area contributed by atoms with E-state index >= 15 is 0 Å². The number of aromatic nitrogens is 3. The molecule has 0 aliphatic carbocycles. The van der Waals surface area contributed by atoms with E-state index in [1.54, 1.807) is 25.3 Å². The van der Waals surface area contributed by atoms with Crippen LogP contribution in [0.15, 0.2) is 60.9 Å². The summed E-state index contributed by atoms with van der Waals surface area (Å²) in [6, 6.07) is 11.8. The highest BCUT2D eigenvalue weighted by molar-refractivity contribution is 5.90. The summed E-state index contributed by atoms with van der Waals surface area (Å²) < 4.78 is 26.3. The Balaban J connectivity index is 1.67. The van der Waals surface area contributed by atoms with Crippen molar-refractivity contribution in [2.45, 2.75) is 13.5 Å². The van der Waals surface area contributed by atoms with Gasteiger partial charge in [0.2, 0.25) is 5.69 Å². The average Bonchev–Trinajstić information content (AvgIpc) is 3.22. The molecule has 0 atom stereocenters. The van der Waals surface area contributed by atoms with Gasteiger partial charge < -0.3 is 9.47 Å². The van der Waals surface area contributed by atoms with Crippen molar-refractivity contribution >= 4 is 22.6 Å². The lowest BCUT2D eigenvalue weighted by Crippen LogP contribution is -2.09. The minimum absolute atomic E-state index is 0.0658. The van der Waals surface area contributed by atoms with E-state index in [0.717, 1.165) is 0 Å². The van der Waals surface area contributed by atoms with Crippen molar-refractivity contribution in [3.63, 3.8) is 0 Å². The van der Waals surface area contributed by atoms with Gasteiger partial charge in [-0.25, -0.2) is 13.9 Å². The summed E-state index contributed by atoms with van der Waals surface area (Å²) in [7, 11) is 0. The smallest absolute Gasteiger partial charge is 0.362 e. The fraction of sp³-hybridized carbons (Fsp3) is 0.136. The maximum absolute atomic E-state index is 14.0. The number of hydrogen-bond acceptors (Lipinski definition) is 7. The van der Waals surface area contributed by atoms with Gasteiger partial charge >= 0.3 is 5.97 Å². The first-order chi connectivity index (χ1) is 15.5. The lowest BCUT2D eigenvalue weighted by molar-refractivity contribution is -0.384. The van der Waals surface area contributed by atoms with Gasteiger partial charge in [0, 0.05) is 29.3 Å². The van der Waals surface area contributed by atoms with Crippen molar-refractivity contribution in [2.24, 2.45) is 0 Å². The van der Waals surface area contributed by atoms with Crippen molar-refractivity contribution in [1.29, 1.82) is 0 Å². The van der Waals surface area contributed by atoms with Crippen LogP contribution in [-0.2, 0) is 11.3 Å². The van der Waals surface area contributed by atoms with Gasteiger partial charge in [-0.1, -0.05) is 6.07 Å². The highest BCUT2D eigenvalue weighted by atomic mass is 19.1. The topological polar surface area (TPSA) is 109 Å². The molecule has 0 spiro atoms. The van der Waals surface area contributed by atoms with Crippen LogP contribution in [0, 0.1) is 15.9 Å². The van der Waals surface area contributed by atoms with Crippen LogP contribution in [0.2, 0.25) is 0 Å². The Morgan fingerprint density at radius 3 is 2.72 bits per heavy atom. The molecular weight excluding hydrogens is 419 g/mol. The molecule has 0 aliphatic rings. The van der Waals surface area contributed by atoms with Crippen LogP contribution in [0.5, 0.6) is 5.75 Å². The Kier molecular flexibility index (Phi) is 5.75. The fourth-order valence-electron chi connectivity index (χ4n) is 3.16. The number of fused-ring (bicyclic) bond motifs is 1. The molecular formula is C22H17FN4O5. The molecule has 0 aliphatic heterocycles. The molecule has 2 aromatic heterocycles. The number of nitrogens with zero attached hydrogens (tertiary/aromatic N) is 4. The van der Waals surface area contributed by atoms with E-state index in [4.69, 9.17) is 9.47 Å². The molecule has 0 saturated heterocycles. The van der Waals surface area contributed by atoms with Crippen LogP contribution < -0.4 is 4.74 Å². The standard InChI is InChI=1S/C22H17FN4O5/c1-2-31-22(28)21-19(12-26(25-21)17-5-7-18(8-6-17)27(29)30)32-13-15-11-16(23)10-14-4-3-9-24-20(14)15/h3-12H,2,13H2,1H3. The van der Waals surface area contributed by atoms with Gasteiger partial charge in [-0.15, -0.1) is 0 Å². The Morgan fingerprint density at radius 2 is 2.00 bits per heavy atom. The quantitative estimate of drug-likeness (QED) is 0.242. The molecule has 2 heterocycles. The van der Waals surface area contributed by atoms with Gasteiger partial charge in [-0.3, -0.25) is 15.1 Å². The van der Waals surface area contributed by atoms with E-state index < -0.39 is 16.7 Å². The second-order valence-electron chi connectivity index (χ2n) is 6.71. The summed E-state index contributed by atoms with van der Waals surface area (Å²) in [5.41, 5.74) is 1.41. The summed E-state index contributed by atoms with van der Waals surface area (Å²) in [5, 5.41) is 15.7. The second-order valence-corrected chi connectivity index (χ2v) is 6.71. The first kappa shape index (κ1) is 20.9. The SMILES string of the molecule is CCOC(=O)c1nn(-c2ccc([N+](=O)[O-])cc2)cc1OCc1cc(F)cc2cccnc12. The number of rotatable bonds is 7. The van der Waals surface area contributed by atoms with E-state index in [1.165, 1.54) is 47.3 Å². The van der Waals surface area contributed by atoms with Crippen molar-refractivity contribution in [2.75, 3.05) is 6.61 Å². The molecule has 10 heteroatoms. The van der Waals surface area contributed by atoms with Crippen LogP contribution >= 0.6 is 0 Å². The van der Waals surface area contributed by atoms with Gasteiger partial charge in [0.05, 0.1) is 28.9 Å². The van der Waals surface area contributed by atoms with Crippen LogP contribution in [0.25, 0.3) is 16.6 Å². The zero-order valence-corrected chi connectivity index (χ0v) is 16.9. The predicted molar refractivity (Wildman–Crippen MR) is 112 cm³/mol. The number of nitro groups is 1. The average molecular weight is 436 g/mol. The van der Waals surface area contributed by atoms with Crippen molar-refractivity contribution < 1.29 is 23.6 Å². The molecule has 0 unspecified atom stereocenters. The molecule has 9 nitrogen and oxygen atoms in total. The molecule has 0 bridgehead atoms. The number of hydrogen-bond donors (Lipinski definition) is 0. The Morgan fingerprint density at radius 1 is 1.22 bits per heavy atom. The maximum atomic E-state index is 14.0. The van der Waals surface area contributed by atoms with E-state index in [-0.39, 0.29) is 30.3 Å². The highest BCUT2D eigenvalue weighted by Crippen LogP contribution is 2.25. The zero-order chi connectivity index (χ0) is 22.7. The normalized spacial score (nSPS) is 10.8. The number of pyridine rings is 1. The number of halogens is 1. The third kappa shape index (κ3) is 4.24. The number of carbonyl (C=O) groups excluding carboxylic acids is 1. The first-order valence-corrected chi connectivity index (χ1v) is 9.64. The third-order valence-electron chi connectivity index (χ3n) is 4.61. The molecule has 4 aromatic rings. The second kappa shape index (κ2) is 8.80. The van der Waals surface area contributed by atoms with E-state index in [0.29, 0.717) is 22.2 Å². The predicted octanol–water partition coefficient (Wildman–Crippen LogP) is 4.22. The molecule has 0 N–H and O–H groups in total. The number of benzene rings is 2. The molecule has 162 valence electrons. The maximum Gasteiger partial charge on any atom is 0.362 e. The zero-order valence-electron chi connectivity index (χ0n) is 16.9. The number of esters is 1. The fourth-order valence-corrected chi connectivity index (χ4v) is 3.16. The summed E-state index contributed by atoms with van der Waals surface area (Å²) in [6.07, 6.45) is 3.06. The molecule has 0 amide bonds. The number of ether oxygens (including phenoxy) is 2. The highest BCUT2D eigenvalue weighted by Gasteiger charge is 2.21.